The molecule has 1 amide bonds. The molecule has 0 saturated carbocycles. The number of piperazine rings is 1. The Balaban J connectivity index is 0.00000200. The van der Waals surface area contributed by atoms with Gasteiger partial charge in [-0.05, 0) is 25.3 Å². The van der Waals surface area contributed by atoms with E-state index in [4.69, 9.17) is 5.73 Å². The molecule has 1 aromatic heterocycles. The molecule has 2 rings (SSSR count). The monoisotopic (exact) mass is 353 g/mol. The summed E-state index contributed by atoms with van der Waals surface area (Å²) in [4.78, 5) is 18.1. The summed E-state index contributed by atoms with van der Waals surface area (Å²) in [5, 5.41) is 2.11. The van der Waals surface area contributed by atoms with Gasteiger partial charge in [-0.3, -0.25) is 9.69 Å². The van der Waals surface area contributed by atoms with Gasteiger partial charge in [0.1, 0.15) is 0 Å². The second-order valence-electron chi connectivity index (χ2n) is 5.74. The average molecular weight is 354 g/mol. The van der Waals surface area contributed by atoms with Gasteiger partial charge in [-0.1, -0.05) is 6.07 Å². The van der Waals surface area contributed by atoms with Crippen LogP contribution in [0.1, 0.15) is 18.7 Å². The Bertz CT molecular complexity index is 418. The number of rotatable bonds is 4. The van der Waals surface area contributed by atoms with Gasteiger partial charge < -0.3 is 10.6 Å². The molecule has 21 heavy (non-hydrogen) atoms. The van der Waals surface area contributed by atoms with E-state index in [1.807, 2.05) is 18.7 Å². The molecule has 7 heteroatoms. The molecular formula is C14H25Cl2N3OS. The minimum atomic E-state index is -0.435. The molecule has 0 aliphatic carbocycles. The van der Waals surface area contributed by atoms with Gasteiger partial charge in [0.15, 0.2) is 0 Å². The van der Waals surface area contributed by atoms with Crippen LogP contribution in [-0.2, 0) is 11.3 Å². The van der Waals surface area contributed by atoms with E-state index in [0.29, 0.717) is 6.54 Å². The third-order valence-corrected chi connectivity index (χ3v) is 4.57. The molecule has 0 radical (unpaired) electrons. The van der Waals surface area contributed by atoms with Crippen molar-refractivity contribution in [3.05, 3.63) is 22.4 Å². The normalized spacial score (nSPS) is 16.0. The Morgan fingerprint density at radius 2 is 1.90 bits per heavy atom. The number of thiophene rings is 1. The van der Waals surface area contributed by atoms with Gasteiger partial charge >= 0.3 is 0 Å². The number of halogens is 2. The number of nitrogens with zero attached hydrogens (tertiary/aromatic N) is 2. The van der Waals surface area contributed by atoms with Crippen LogP contribution in [0.4, 0.5) is 0 Å². The molecule has 2 heterocycles. The maximum Gasteiger partial charge on any atom is 0.229 e. The number of carbonyl (C=O) groups excluding carboxylic acids is 1. The van der Waals surface area contributed by atoms with Crippen LogP contribution in [0.5, 0.6) is 0 Å². The first-order valence-electron chi connectivity index (χ1n) is 6.77. The van der Waals surface area contributed by atoms with Gasteiger partial charge in [-0.25, -0.2) is 0 Å². The maximum atomic E-state index is 12.3. The number of nitrogens with two attached hydrogens (primary N) is 1. The molecule has 1 saturated heterocycles. The van der Waals surface area contributed by atoms with Gasteiger partial charge in [0, 0.05) is 44.1 Å². The fraction of sp³-hybridized carbons (Fsp3) is 0.643. The highest BCUT2D eigenvalue weighted by Gasteiger charge is 2.32. The summed E-state index contributed by atoms with van der Waals surface area (Å²) < 4.78 is 0. The van der Waals surface area contributed by atoms with Crippen molar-refractivity contribution in [2.75, 3.05) is 32.7 Å². The van der Waals surface area contributed by atoms with Gasteiger partial charge in [0.05, 0.1) is 5.41 Å². The molecule has 0 spiro atoms. The Morgan fingerprint density at radius 3 is 2.38 bits per heavy atom. The van der Waals surface area contributed by atoms with Gasteiger partial charge in [-0.2, -0.15) is 0 Å². The third kappa shape index (κ3) is 5.42. The quantitative estimate of drug-likeness (QED) is 0.902. The molecule has 0 atom stereocenters. The third-order valence-electron chi connectivity index (χ3n) is 3.71. The van der Waals surface area contributed by atoms with Crippen molar-refractivity contribution in [1.82, 2.24) is 9.80 Å². The van der Waals surface area contributed by atoms with Crippen LogP contribution in [0.15, 0.2) is 17.5 Å². The predicted molar refractivity (Wildman–Crippen MR) is 93.5 cm³/mol. The van der Waals surface area contributed by atoms with Crippen LogP contribution < -0.4 is 5.73 Å². The van der Waals surface area contributed by atoms with Crippen molar-refractivity contribution in [1.29, 1.82) is 0 Å². The number of carbonyl (C=O) groups is 1. The first-order chi connectivity index (χ1) is 9.03. The highest BCUT2D eigenvalue weighted by atomic mass is 35.5. The van der Waals surface area contributed by atoms with Crippen molar-refractivity contribution in [2.45, 2.75) is 20.4 Å². The van der Waals surface area contributed by atoms with E-state index in [-0.39, 0.29) is 30.7 Å². The molecular weight excluding hydrogens is 329 g/mol. The zero-order chi connectivity index (χ0) is 13.9. The minimum Gasteiger partial charge on any atom is -0.340 e. The summed E-state index contributed by atoms with van der Waals surface area (Å²) in [5.41, 5.74) is 5.24. The first-order valence-corrected chi connectivity index (χ1v) is 7.65. The van der Waals surface area contributed by atoms with E-state index >= 15 is 0 Å². The Labute approximate surface area is 143 Å². The Kier molecular flexibility index (Phi) is 8.81. The van der Waals surface area contributed by atoms with Gasteiger partial charge in [0.2, 0.25) is 5.91 Å². The van der Waals surface area contributed by atoms with E-state index in [9.17, 15) is 4.79 Å². The van der Waals surface area contributed by atoms with Crippen LogP contribution in [0.25, 0.3) is 0 Å². The molecule has 122 valence electrons. The molecule has 0 aromatic carbocycles. The number of hydrogen-bond acceptors (Lipinski definition) is 4. The Hall–Kier alpha value is -0.330. The summed E-state index contributed by atoms with van der Waals surface area (Å²) in [5.74, 6) is 0.186. The summed E-state index contributed by atoms with van der Waals surface area (Å²) >= 11 is 1.79. The van der Waals surface area contributed by atoms with Crippen molar-refractivity contribution in [3.8, 4) is 0 Å². The maximum absolute atomic E-state index is 12.3. The van der Waals surface area contributed by atoms with Crippen LogP contribution >= 0.6 is 36.2 Å². The fourth-order valence-corrected chi connectivity index (χ4v) is 2.99. The highest BCUT2D eigenvalue weighted by molar-refractivity contribution is 7.09. The van der Waals surface area contributed by atoms with E-state index in [1.165, 1.54) is 4.88 Å². The van der Waals surface area contributed by atoms with Crippen molar-refractivity contribution < 1.29 is 4.79 Å². The molecule has 1 fully saturated rings. The summed E-state index contributed by atoms with van der Waals surface area (Å²) in [6, 6.07) is 4.25. The van der Waals surface area contributed by atoms with E-state index in [1.54, 1.807) is 11.3 Å². The summed E-state index contributed by atoms with van der Waals surface area (Å²) in [6.45, 7) is 8.78. The smallest absolute Gasteiger partial charge is 0.229 e. The lowest BCUT2D eigenvalue weighted by Crippen LogP contribution is -2.53. The minimum absolute atomic E-state index is 0. The zero-order valence-electron chi connectivity index (χ0n) is 12.6. The molecule has 4 nitrogen and oxygen atoms in total. The topological polar surface area (TPSA) is 49.6 Å². The lowest BCUT2D eigenvalue weighted by atomic mass is 9.91. The summed E-state index contributed by atoms with van der Waals surface area (Å²) in [6.07, 6.45) is 0. The average Bonchev–Trinajstić information content (AvgIpc) is 2.91. The van der Waals surface area contributed by atoms with Crippen molar-refractivity contribution in [3.63, 3.8) is 0 Å². The lowest BCUT2D eigenvalue weighted by molar-refractivity contribution is -0.141. The van der Waals surface area contributed by atoms with E-state index in [2.05, 4.69) is 22.4 Å². The molecule has 1 aromatic rings. The van der Waals surface area contributed by atoms with E-state index < -0.39 is 5.41 Å². The predicted octanol–water partition coefficient (Wildman–Crippen LogP) is 2.22. The summed E-state index contributed by atoms with van der Waals surface area (Å²) in [7, 11) is 0. The largest absolute Gasteiger partial charge is 0.340 e. The number of amides is 1. The van der Waals surface area contributed by atoms with Crippen LogP contribution in [0.2, 0.25) is 0 Å². The van der Waals surface area contributed by atoms with Gasteiger partial charge in [-0.15, -0.1) is 36.2 Å². The van der Waals surface area contributed by atoms with Crippen LogP contribution in [0.3, 0.4) is 0 Å². The first kappa shape index (κ1) is 20.7. The van der Waals surface area contributed by atoms with Crippen molar-refractivity contribution >= 4 is 42.1 Å². The number of hydrogen-bond donors (Lipinski definition) is 1. The molecule has 2 N–H and O–H groups in total. The SMILES string of the molecule is CC(C)(CN)C(=O)N1CCN(Cc2cccs2)CC1.Cl.Cl. The molecule has 1 aliphatic rings. The second kappa shape index (κ2) is 8.96. The van der Waals surface area contributed by atoms with E-state index in [0.717, 1.165) is 32.7 Å². The van der Waals surface area contributed by atoms with Crippen LogP contribution in [-0.4, -0.2) is 48.4 Å². The highest BCUT2D eigenvalue weighted by Crippen LogP contribution is 2.19. The second-order valence-corrected chi connectivity index (χ2v) is 6.77. The van der Waals surface area contributed by atoms with Gasteiger partial charge in [0.25, 0.3) is 0 Å². The van der Waals surface area contributed by atoms with Crippen LogP contribution in [0, 0.1) is 5.41 Å². The molecule has 0 unspecified atom stereocenters. The molecule has 0 bridgehead atoms. The standard InChI is InChI=1S/C14H23N3OS.2ClH/c1-14(2,11-15)13(18)17-7-5-16(6-8-17)10-12-4-3-9-19-12;;/h3-4,9H,5-8,10-11,15H2,1-2H3;2*1H. The zero-order valence-corrected chi connectivity index (χ0v) is 15.0. The lowest BCUT2D eigenvalue weighted by Gasteiger charge is -2.38. The fourth-order valence-electron chi connectivity index (χ4n) is 2.25. The van der Waals surface area contributed by atoms with Crippen molar-refractivity contribution in [2.24, 2.45) is 11.1 Å². The Morgan fingerprint density at radius 1 is 1.29 bits per heavy atom. The molecule has 1 aliphatic heterocycles.